The molecular formula is C9H9IN2O4-2. The summed E-state index contributed by atoms with van der Waals surface area (Å²) >= 11 is 2.02. The summed E-state index contributed by atoms with van der Waals surface area (Å²) in [6, 6.07) is -1.33. The van der Waals surface area contributed by atoms with E-state index in [1.165, 1.54) is 0 Å². The Kier molecular flexibility index (Phi) is 3.89. The maximum atomic E-state index is 10.8. The number of hydrogen-bond acceptors (Lipinski definition) is 5. The molecule has 0 amide bonds. The topological polar surface area (TPSA) is 98.1 Å². The number of nitrogens with zero attached hydrogens (tertiary/aromatic N) is 2. The highest BCUT2D eigenvalue weighted by atomic mass is 127. The van der Waals surface area contributed by atoms with E-state index < -0.39 is 24.4 Å². The molecule has 0 radical (unpaired) electrons. The molecule has 0 bridgehead atoms. The number of halogens is 1. The Bertz CT molecular complexity index is 441. The van der Waals surface area contributed by atoms with Crippen molar-refractivity contribution >= 4 is 34.5 Å². The number of hydrogen-bond donors (Lipinski definition) is 0. The number of rotatable bonds is 4. The van der Waals surface area contributed by atoms with Crippen molar-refractivity contribution in [2.45, 2.75) is 26.3 Å². The average molecular weight is 336 g/mol. The number of aliphatic carboxylic acids is 2. The minimum Gasteiger partial charge on any atom is -0.550 e. The number of carboxylic acid groups (broad SMARTS) is 2. The second-order valence-electron chi connectivity index (χ2n) is 3.34. The van der Waals surface area contributed by atoms with Gasteiger partial charge in [0.2, 0.25) is 0 Å². The van der Waals surface area contributed by atoms with Gasteiger partial charge in [-0.1, -0.05) is 0 Å². The van der Waals surface area contributed by atoms with Gasteiger partial charge in [-0.2, -0.15) is 5.10 Å². The number of carboxylic acids is 2. The van der Waals surface area contributed by atoms with Crippen molar-refractivity contribution in [3.8, 4) is 0 Å². The summed E-state index contributed by atoms with van der Waals surface area (Å²) in [4.78, 5) is 21.3. The molecule has 6 nitrogen and oxygen atoms in total. The smallest absolute Gasteiger partial charge is 0.0967 e. The maximum Gasteiger partial charge on any atom is 0.0967 e. The zero-order chi connectivity index (χ0) is 12.5. The highest BCUT2D eigenvalue weighted by Crippen LogP contribution is 2.20. The van der Waals surface area contributed by atoms with Crippen molar-refractivity contribution in [1.82, 2.24) is 9.78 Å². The highest BCUT2D eigenvalue weighted by molar-refractivity contribution is 14.1. The molecule has 0 aliphatic heterocycles. The van der Waals surface area contributed by atoms with Gasteiger partial charge >= 0.3 is 0 Å². The van der Waals surface area contributed by atoms with Gasteiger partial charge in [0.1, 0.15) is 0 Å². The van der Waals surface area contributed by atoms with E-state index in [1.54, 1.807) is 13.8 Å². The Morgan fingerprint density at radius 2 is 2.00 bits per heavy atom. The third-order valence-corrected chi connectivity index (χ3v) is 3.73. The van der Waals surface area contributed by atoms with Crippen LogP contribution in [0.2, 0.25) is 0 Å². The van der Waals surface area contributed by atoms with Gasteiger partial charge in [-0.05, 0) is 36.4 Å². The number of aromatic nitrogens is 2. The Balaban J connectivity index is 3.16. The van der Waals surface area contributed by atoms with Crippen LogP contribution >= 0.6 is 22.6 Å². The minimum atomic E-state index is -1.48. The summed E-state index contributed by atoms with van der Waals surface area (Å²) in [5, 5.41) is 25.3. The quantitative estimate of drug-likeness (QED) is 0.626. The van der Waals surface area contributed by atoms with Gasteiger partial charge in [0.05, 0.1) is 21.3 Å². The van der Waals surface area contributed by atoms with Gasteiger partial charge < -0.3 is 19.8 Å². The third kappa shape index (κ3) is 2.52. The normalized spacial score (nSPS) is 12.4. The summed E-state index contributed by atoms with van der Waals surface area (Å²) in [7, 11) is 0. The molecule has 7 heteroatoms. The molecule has 0 spiro atoms. The van der Waals surface area contributed by atoms with Crippen molar-refractivity contribution in [2.24, 2.45) is 0 Å². The molecule has 1 rings (SSSR count). The Morgan fingerprint density at radius 3 is 2.31 bits per heavy atom. The Hall–Kier alpha value is -1.12. The molecule has 16 heavy (non-hydrogen) atoms. The molecule has 0 aliphatic carbocycles. The van der Waals surface area contributed by atoms with E-state index >= 15 is 0 Å². The first-order valence-electron chi connectivity index (χ1n) is 4.46. The summed E-state index contributed by atoms with van der Waals surface area (Å²) in [5.41, 5.74) is 1.26. The van der Waals surface area contributed by atoms with Crippen LogP contribution in [0.3, 0.4) is 0 Å². The molecule has 0 aliphatic rings. The van der Waals surface area contributed by atoms with Gasteiger partial charge in [0.25, 0.3) is 0 Å². The molecule has 1 aromatic rings. The first kappa shape index (κ1) is 12.9. The maximum absolute atomic E-state index is 10.8. The Labute approximate surface area is 105 Å². The second-order valence-corrected chi connectivity index (χ2v) is 4.42. The van der Waals surface area contributed by atoms with Gasteiger partial charge in [-0.3, -0.25) is 4.68 Å². The molecule has 0 saturated heterocycles. The molecule has 0 saturated carbocycles. The first-order valence-corrected chi connectivity index (χ1v) is 5.54. The predicted molar refractivity (Wildman–Crippen MR) is 58.1 cm³/mol. The van der Waals surface area contributed by atoms with E-state index in [4.69, 9.17) is 0 Å². The molecule has 0 N–H and O–H groups in total. The molecular weight excluding hydrogens is 327 g/mol. The van der Waals surface area contributed by atoms with Crippen LogP contribution in [0.5, 0.6) is 0 Å². The van der Waals surface area contributed by atoms with Crippen molar-refractivity contribution in [3.05, 3.63) is 15.0 Å². The lowest BCUT2D eigenvalue weighted by Gasteiger charge is -2.20. The van der Waals surface area contributed by atoms with Gasteiger partial charge in [0, 0.05) is 18.1 Å². The minimum absolute atomic E-state index is 0.605. The lowest BCUT2D eigenvalue weighted by atomic mass is 10.2. The lowest BCUT2D eigenvalue weighted by molar-refractivity contribution is -0.319. The van der Waals surface area contributed by atoms with Crippen molar-refractivity contribution in [2.75, 3.05) is 0 Å². The van der Waals surface area contributed by atoms with Gasteiger partial charge in [0.15, 0.2) is 0 Å². The summed E-state index contributed by atoms with van der Waals surface area (Å²) in [6.07, 6.45) is -0.652. The molecule has 1 atom stereocenters. The summed E-state index contributed by atoms with van der Waals surface area (Å²) in [6.45, 7) is 3.39. The van der Waals surface area contributed by atoms with E-state index in [2.05, 4.69) is 5.10 Å². The van der Waals surface area contributed by atoms with Crippen LogP contribution in [0.4, 0.5) is 0 Å². The van der Waals surface area contributed by atoms with Gasteiger partial charge in [-0.25, -0.2) is 0 Å². The summed E-state index contributed by atoms with van der Waals surface area (Å²) in [5.74, 6) is -2.93. The van der Waals surface area contributed by atoms with Gasteiger partial charge in [-0.15, -0.1) is 0 Å². The fraction of sp³-hybridized carbons (Fsp3) is 0.444. The fourth-order valence-corrected chi connectivity index (χ4v) is 1.73. The average Bonchev–Trinajstić information content (AvgIpc) is 2.42. The van der Waals surface area contributed by atoms with Crippen molar-refractivity contribution in [1.29, 1.82) is 0 Å². The zero-order valence-corrected chi connectivity index (χ0v) is 10.8. The standard InChI is InChI=1S/C9H11IN2O4/c1-4-8(10)5(2)12(11-4)6(9(15)16)3-7(13)14/h6H,3H2,1-2H3,(H,13,14)(H,15,16)/p-2/t6-/m0/s1. The SMILES string of the molecule is Cc1nn([C@@H](CC(=O)[O-])C(=O)[O-])c(C)c1I. The molecule has 0 fully saturated rings. The number of aryl methyl sites for hydroxylation is 1. The van der Waals surface area contributed by atoms with Crippen LogP contribution in [-0.2, 0) is 9.59 Å². The van der Waals surface area contributed by atoms with Crippen LogP contribution in [0.1, 0.15) is 23.9 Å². The van der Waals surface area contributed by atoms with E-state index in [1.807, 2.05) is 22.6 Å². The molecule has 1 heterocycles. The predicted octanol–water partition coefficient (Wildman–Crippen LogP) is -1.46. The van der Waals surface area contributed by atoms with Crippen LogP contribution in [0.25, 0.3) is 0 Å². The zero-order valence-electron chi connectivity index (χ0n) is 8.69. The van der Waals surface area contributed by atoms with Crippen LogP contribution in [0.15, 0.2) is 0 Å². The van der Waals surface area contributed by atoms with Crippen LogP contribution < -0.4 is 10.2 Å². The molecule has 0 aromatic carbocycles. The first-order chi connectivity index (χ1) is 7.34. The molecule has 88 valence electrons. The number of carbonyl (C=O) groups is 2. The van der Waals surface area contributed by atoms with Crippen molar-refractivity contribution < 1.29 is 19.8 Å². The monoisotopic (exact) mass is 336 g/mol. The second kappa shape index (κ2) is 4.81. The van der Waals surface area contributed by atoms with E-state index in [0.29, 0.717) is 11.4 Å². The van der Waals surface area contributed by atoms with Crippen LogP contribution in [-0.4, -0.2) is 21.7 Å². The third-order valence-electron chi connectivity index (χ3n) is 2.16. The molecule has 0 unspecified atom stereocenters. The molecule has 1 aromatic heterocycles. The van der Waals surface area contributed by atoms with E-state index in [9.17, 15) is 19.8 Å². The van der Waals surface area contributed by atoms with Crippen molar-refractivity contribution in [3.63, 3.8) is 0 Å². The lowest BCUT2D eigenvalue weighted by Crippen LogP contribution is -2.38. The van der Waals surface area contributed by atoms with Crippen LogP contribution in [0, 0.1) is 17.4 Å². The highest BCUT2D eigenvalue weighted by Gasteiger charge is 2.18. The summed E-state index contributed by atoms with van der Waals surface area (Å²) < 4.78 is 1.96. The van der Waals surface area contributed by atoms with E-state index in [0.717, 1.165) is 8.25 Å². The number of carbonyl (C=O) groups excluding carboxylic acids is 2. The largest absolute Gasteiger partial charge is 0.550 e. The Morgan fingerprint density at radius 1 is 1.44 bits per heavy atom. The van der Waals surface area contributed by atoms with E-state index in [-0.39, 0.29) is 0 Å². The fourth-order valence-electron chi connectivity index (χ4n) is 1.37.